The molecular formula is C15H10ClN7O6. The van der Waals surface area contributed by atoms with Crippen molar-refractivity contribution >= 4 is 45.1 Å². The lowest BCUT2D eigenvalue weighted by molar-refractivity contribution is -0.401. The van der Waals surface area contributed by atoms with Crippen LogP contribution in [0.1, 0.15) is 0 Å². The Kier molecular flexibility index (Phi) is 5.06. The monoisotopic (exact) mass is 419 g/mol. The van der Waals surface area contributed by atoms with Gasteiger partial charge in [-0.25, -0.2) is 4.68 Å². The Morgan fingerprint density at radius 3 is 2.07 bits per heavy atom. The molecule has 0 saturated carbocycles. The van der Waals surface area contributed by atoms with Gasteiger partial charge < -0.3 is 0 Å². The molecule has 0 aliphatic carbocycles. The zero-order valence-corrected chi connectivity index (χ0v) is 15.2. The summed E-state index contributed by atoms with van der Waals surface area (Å²) in [6, 6.07) is 8.00. The van der Waals surface area contributed by atoms with Crippen LogP contribution in [0.3, 0.4) is 0 Å². The van der Waals surface area contributed by atoms with Gasteiger partial charge in [-0.3, -0.25) is 35.8 Å². The number of rotatable bonds is 5. The highest BCUT2D eigenvalue weighted by atomic mass is 35.5. The molecule has 0 amide bonds. The minimum atomic E-state index is -0.976. The van der Waals surface area contributed by atoms with Crippen molar-refractivity contribution in [2.24, 2.45) is 12.1 Å². The van der Waals surface area contributed by atoms with Crippen LogP contribution in [-0.4, -0.2) is 24.6 Å². The molecule has 1 heterocycles. The summed E-state index contributed by atoms with van der Waals surface area (Å²) in [6.45, 7) is 0. The Labute approximate surface area is 165 Å². The van der Waals surface area contributed by atoms with E-state index in [1.807, 2.05) is 0 Å². The first-order valence-electron chi connectivity index (χ1n) is 7.73. The molecule has 0 fully saturated rings. The molecule has 0 bridgehead atoms. The second kappa shape index (κ2) is 7.47. The van der Waals surface area contributed by atoms with Crippen LogP contribution in [0.15, 0.2) is 41.5 Å². The van der Waals surface area contributed by atoms with Crippen molar-refractivity contribution in [3.05, 3.63) is 77.4 Å². The Hall–Kier alpha value is -4.13. The fraction of sp³-hybridized carbons (Fsp3) is 0.0667. The average molecular weight is 420 g/mol. The van der Waals surface area contributed by atoms with E-state index in [1.165, 1.54) is 11.7 Å². The van der Waals surface area contributed by atoms with Crippen LogP contribution in [0, 0.1) is 30.3 Å². The molecule has 0 unspecified atom stereocenters. The molecule has 0 saturated heterocycles. The second-order valence-electron chi connectivity index (χ2n) is 5.64. The third kappa shape index (κ3) is 3.66. The summed E-state index contributed by atoms with van der Waals surface area (Å²) < 4.78 is 1.28. The molecule has 0 spiro atoms. The van der Waals surface area contributed by atoms with E-state index in [-0.39, 0.29) is 10.6 Å². The summed E-state index contributed by atoms with van der Waals surface area (Å²) in [4.78, 5) is 30.7. The van der Waals surface area contributed by atoms with Crippen LogP contribution in [0.25, 0.3) is 10.8 Å². The normalized spacial score (nSPS) is 11.4. The van der Waals surface area contributed by atoms with Gasteiger partial charge in [0.05, 0.1) is 26.9 Å². The predicted octanol–water partition coefficient (Wildman–Crippen LogP) is 2.88. The number of anilines is 1. The summed E-state index contributed by atoms with van der Waals surface area (Å²) >= 11 is 6.10. The number of hydrogen-bond donors (Lipinski definition) is 1. The average Bonchev–Trinajstić information content (AvgIpc) is 2.67. The maximum Gasteiger partial charge on any atom is 0.308 e. The second-order valence-corrected chi connectivity index (χ2v) is 6.00. The Morgan fingerprint density at radius 2 is 1.55 bits per heavy atom. The van der Waals surface area contributed by atoms with Crippen LogP contribution >= 0.6 is 11.6 Å². The zero-order chi connectivity index (χ0) is 21.3. The maximum absolute atomic E-state index is 11.4. The molecule has 1 N–H and O–H groups in total. The molecule has 29 heavy (non-hydrogen) atoms. The third-order valence-electron chi connectivity index (χ3n) is 3.89. The smallest absolute Gasteiger partial charge is 0.264 e. The van der Waals surface area contributed by atoms with Crippen molar-refractivity contribution < 1.29 is 14.8 Å². The van der Waals surface area contributed by atoms with Crippen molar-refractivity contribution in [3.8, 4) is 0 Å². The highest BCUT2D eigenvalue weighted by molar-refractivity contribution is 6.34. The largest absolute Gasteiger partial charge is 0.308 e. The van der Waals surface area contributed by atoms with Gasteiger partial charge in [-0.05, 0) is 0 Å². The molecule has 0 atom stereocenters. The van der Waals surface area contributed by atoms with Crippen molar-refractivity contribution in [1.29, 1.82) is 0 Å². The fourth-order valence-electron chi connectivity index (χ4n) is 2.61. The SMILES string of the molecule is Cn1nc(Cl)c2ccccc2/c1=N/Nc1c([N+](=O)[O-])cc([N+](=O)[O-])cc1[N+](=O)[O-]. The van der Waals surface area contributed by atoms with Gasteiger partial charge in [0, 0.05) is 17.8 Å². The number of nitrogens with one attached hydrogen (secondary N) is 1. The lowest BCUT2D eigenvalue weighted by Gasteiger charge is -2.07. The highest BCUT2D eigenvalue weighted by Gasteiger charge is 2.30. The molecule has 1 aromatic heterocycles. The minimum Gasteiger partial charge on any atom is -0.264 e. The van der Waals surface area contributed by atoms with Gasteiger partial charge in [0.2, 0.25) is 5.69 Å². The predicted molar refractivity (Wildman–Crippen MR) is 101 cm³/mol. The van der Waals surface area contributed by atoms with Gasteiger partial charge in [0.1, 0.15) is 0 Å². The number of hydrogen-bond acceptors (Lipinski definition) is 9. The summed E-state index contributed by atoms with van der Waals surface area (Å²) in [5, 5.41) is 43.0. The number of halogens is 1. The van der Waals surface area contributed by atoms with E-state index in [2.05, 4.69) is 15.6 Å². The van der Waals surface area contributed by atoms with Crippen LogP contribution in [-0.2, 0) is 7.05 Å². The van der Waals surface area contributed by atoms with Crippen LogP contribution in [0.4, 0.5) is 22.7 Å². The molecule has 3 aromatic rings. The fourth-order valence-corrected chi connectivity index (χ4v) is 2.89. The van der Waals surface area contributed by atoms with Gasteiger partial charge >= 0.3 is 11.4 Å². The topological polar surface area (TPSA) is 172 Å². The number of aromatic nitrogens is 2. The van der Waals surface area contributed by atoms with E-state index in [0.717, 1.165) is 0 Å². The minimum absolute atomic E-state index is 0.173. The molecule has 13 nitrogen and oxygen atoms in total. The van der Waals surface area contributed by atoms with E-state index in [4.69, 9.17) is 11.6 Å². The zero-order valence-electron chi connectivity index (χ0n) is 14.5. The number of benzene rings is 2. The molecule has 2 aromatic carbocycles. The lowest BCUT2D eigenvalue weighted by Crippen LogP contribution is -2.23. The highest BCUT2D eigenvalue weighted by Crippen LogP contribution is 2.38. The first-order chi connectivity index (χ1) is 13.7. The van der Waals surface area contributed by atoms with E-state index < -0.39 is 37.5 Å². The summed E-state index contributed by atoms with van der Waals surface area (Å²) in [6.07, 6.45) is 0. The van der Waals surface area contributed by atoms with E-state index >= 15 is 0 Å². The van der Waals surface area contributed by atoms with Crippen molar-refractivity contribution in [2.75, 3.05) is 5.43 Å². The van der Waals surface area contributed by atoms with Crippen molar-refractivity contribution in [2.45, 2.75) is 0 Å². The maximum atomic E-state index is 11.4. The standard InChI is InChI=1S/C15H10ClN7O6/c1-20-15(10-5-3-2-4-9(10)14(16)19-20)18-17-13-11(22(26)27)6-8(21(24)25)7-12(13)23(28)29/h2-7,17H,1H3/b18-15-. The number of non-ortho nitro benzene ring substituents is 1. The lowest BCUT2D eigenvalue weighted by atomic mass is 10.2. The van der Waals surface area contributed by atoms with Crippen LogP contribution in [0.2, 0.25) is 5.15 Å². The van der Waals surface area contributed by atoms with Gasteiger partial charge in [0.25, 0.3) is 5.69 Å². The Bertz CT molecular complexity index is 1220. The van der Waals surface area contributed by atoms with Crippen LogP contribution < -0.4 is 10.9 Å². The first-order valence-corrected chi connectivity index (χ1v) is 8.11. The van der Waals surface area contributed by atoms with E-state index in [0.29, 0.717) is 22.9 Å². The van der Waals surface area contributed by atoms with Crippen molar-refractivity contribution in [3.63, 3.8) is 0 Å². The summed E-state index contributed by atoms with van der Waals surface area (Å²) in [5.41, 5.74) is -0.676. The number of nitro groups is 3. The molecule has 148 valence electrons. The molecule has 0 aliphatic rings. The molecule has 3 rings (SSSR count). The Balaban J connectivity index is 2.27. The summed E-state index contributed by atoms with van der Waals surface area (Å²) in [7, 11) is 1.51. The quantitative estimate of drug-likeness (QED) is 0.485. The summed E-state index contributed by atoms with van der Waals surface area (Å²) in [5.74, 6) is 0. The number of aryl methyl sites for hydroxylation is 1. The molecular weight excluding hydrogens is 410 g/mol. The van der Waals surface area contributed by atoms with Gasteiger partial charge in [-0.15, -0.1) is 0 Å². The molecule has 0 radical (unpaired) electrons. The van der Waals surface area contributed by atoms with E-state index in [9.17, 15) is 30.3 Å². The first kappa shape index (κ1) is 19.6. The number of nitrogens with zero attached hydrogens (tertiary/aromatic N) is 6. The van der Waals surface area contributed by atoms with Gasteiger partial charge in [-0.1, -0.05) is 35.9 Å². The number of fused-ring (bicyclic) bond motifs is 1. The van der Waals surface area contributed by atoms with Crippen molar-refractivity contribution in [1.82, 2.24) is 9.78 Å². The van der Waals surface area contributed by atoms with Crippen LogP contribution in [0.5, 0.6) is 0 Å². The van der Waals surface area contributed by atoms with Gasteiger partial charge in [0.15, 0.2) is 10.6 Å². The number of nitro benzene ring substituents is 3. The Morgan fingerprint density at radius 1 is 1.00 bits per heavy atom. The third-order valence-corrected chi connectivity index (χ3v) is 4.17. The molecule has 14 heteroatoms. The molecule has 0 aliphatic heterocycles. The van der Waals surface area contributed by atoms with Gasteiger partial charge in [-0.2, -0.15) is 10.2 Å². The van der Waals surface area contributed by atoms with E-state index in [1.54, 1.807) is 24.3 Å².